The summed E-state index contributed by atoms with van der Waals surface area (Å²) in [5.41, 5.74) is 0.441. The van der Waals surface area contributed by atoms with Crippen molar-refractivity contribution in [3.05, 3.63) is 71.8 Å². The number of rotatable bonds is 4. The van der Waals surface area contributed by atoms with Crippen molar-refractivity contribution in [2.24, 2.45) is 0 Å². The molecule has 0 bridgehead atoms. The van der Waals surface area contributed by atoms with Gasteiger partial charge in [-0.25, -0.2) is 14.5 Å². The summed E-state index contributed by atoms with van der Waals surface area (Å²) in [5.74, 6) is -0.317. The first-order valence-corrected chi connectivity index (χ1v) is 9.36. The molecule has 2 aromatic rings. The molecule has 1 aliphatic heterocycles. The first kappa shape index (κ1) is 20.4. The molecule has 0 saturated carbocycles. The van der Waals surface area contributed by atoms with Crippen LogP contribution < -0.4 is 5.32 Å². The standard InChI is InChI=1S/C22H24N2O5/c1-22(2,3)29-21(27)24-17(14-28-20(24)26)18(15-10-6-4-7-11-15)23-19(25)16-12-8-5-9-13-16/h4-13,17-18H,14H2,1-3H3,(H,23,25)/t17-,18-/m0/s1. The van der Waals surface area contributed by atoms with Crippen molar-refractivity contribution in [1.82, 2.24) is 10.2 Å². The molecule has 2 aromatic carbocycles. The van der Waals surface area contributed by atoms with E-state index in [1.165, 1.54) is 0 Å². The topological polar surface area (TPSA) is 84.9 Å². The van der Waals surface area contributed by atoms with E-state index < -0.39 is 29.9 Å². The van der Waals surface area contributed by atoms with E-state index in [0.29, 0.717) is 5.56 Å². The Morgan fingerprint density at radius 3 is 2.24 bits per heavy atom. The number of carbonyl (C=O) groups excluding carboxylic acids is 3. The Labute approximate surface area is 169 Å². The van der Waals surface area contributed by atoms with E-state index in [2.05, 4.69) is 5.32 Å². The van der Waals surface area contributed by atoms with E-state index in [1.54, 1.807) is 45.0 Å². The van der Waals surface area contributed by atoms with E-state index in [-0.39, 0.29) is 12.5 Å². The molecule has 7 nitrogen and oxygen atoms in total. The van der Waals surface area contributed by atoms with Crippen molar-refractivity contribution < 1.29 is 23.9 Å². The van der Waals surface area contributed by atoms with E-state index in [4.69, 9.17) is 9.47 Å². The zero-order chi connectivity index (χ0) is 21.0. The number of nitrogens with zero attached hydrogens (tertiary/aromatic N) is 1. The Bertz CT molecular complexity index is 877. The maximum absolute atomic E-state index is 12.8. The van der Waals surface area contributed by atoms with Gasteiger partial charge < -0.3 is 14.8 Å². The third-order valence-corrected chi connectivity index (χ3v) is 4.36. The van der Waals surface area contributed by atoms with Gasteiger partial charge in [0.05, 0.1) is 6.04 Å². The highest BCUT2D eigenvalue weighted by atomic mass is 16.6. The summed E-state index contributed by atoms with van der Waals surface area (Å²) in [6.45, 7) is 5.10. The Hall–Kier alpha value is -3.35. The molecule has 0 spiro atoms. The molecule has 0 radical (unpaired) electrons. The van der Waals surface area contributed by atoms with Crippen molar-refractivity contribution in [2.75, 3.05) is 6.61 Å². The second-order valence-corrected chi connectivity index (χ2v) is 7.72. The highest BCUT2D eigenvalue weighted by Crippen LogP contribution is 2.28. The fourth-order valence-electron chi connectivity index (χ4n) is 3.08. The third-order valence-electron chi connectivity index (χ3n) is 4.36. The number of ether oxygens (including phenoxy) is 2. The number of carbonyl (C=O) groups is 3. The van der Waals surface area contributed by atoms with Gasteiger partial charge in [-0.15, -0.1) is 0 Å². The number of benzene rings is 2. The van der Waals surface area contributed by atoms with Crippen LogP contribution in [-0.4, -0.2) is 41.2 Å². The fourth-order valence-corrected chi connectivity index (χ4v) is 3.08. The molecule has 1 N–H and O–H groups in total. The summed E-state index contributed by atoms with van der Waals surface area (Å²) in [6.07, 6.45) is -1.60. The number of cyclic esters (lactones) is 1. The number of nitrogens with one attached hydrogen (secondary N) is 1. The van der Waals surface area contributed by atoms with Crippen molar-refractivity contribution in [3.8, 4) is 0 Å². The van der Waals surface area contributed by atoms with Crippen LogP contribution in [0, 0.1) is 0 Å². The van der Waals surface area contributed by atoms with Crippen LogP contribution in [0.25, 0.3) is 0 Å². The monoisotopic (exact) mass is 396 g/mol. The Balaban J connectivity index is 1.91. The second kappa shape index (κ2) is 8.34. The van der Waals surface area contributed by atoms with Crippen LogP contribution >= 0.6 is 0 Å². The maximum atomic E-state index is 12.8. The first-order chi connectivity index (χ1) is 13.8. The van der Waals surface area contributed by atoms with Crippen LogP contribution in [0.3, 0.4) is 0 Å². The molecule has 1 heterocycles. The quantitative estimate of drug-likeness (QED) is 0.847. The van der Waals surface area contributed by atoms with E-state index in [1.807, 2.05) is 36.4 Å². The number of hydrogen-bond donors (Lipinski definition) is 1. The smallest absolute Gasteiger partial charge is 0.420 e. The zero-order valence-corrected chi connectivity index (χ0v) is 16.6. The normalized spacial score (nSPS) is 17.4. The van der Waals surface area contributed by atoms with E-state index in [9.17, 15) is 14.4 Å². The van der Waals surface area contributed by atoms with Gasteiger partial charge in [-0.05, 0) is 38.5 Å². The molecule has 1 saturated heterocycles. The summed E-state index contributed by atoms with van der Waals surface area (Å²) in [7, 11) is 0. The molecule has 3 amide bonds. The first-order valence-electron chi connectivity index (χ1n) is 9.36. The van der Waals surface area contributed by atoms with Crippen LogP contribution in [0.15, 0.2) is 60.7 Å². The highest BCUT2D eigenvalue weighted by Gasteiger charge is 2.45. The lowest BCUT2D eigenvalue weighted by Gasteiger charge is -2.30. The average molecular weight is 396 g/mol. The van der Waals surface area contributed by atoms with Gasteiger partial charge in [0.2, 0.25) is 0 Å². The molecule has 2 atom stereocenters. The number of imide groups is 1. The molecule has 1 aliphatic rings. The lowest BCUT2D eigenvalue weighted by atomic mass is 9.98. The van der Waals surface area contributed by atoms with Gasteiger partial charge in [0.1, 0.15) is 18.2 Å². The van der Waals surface area contributed by atoms with Gasteiger partial charge >= 0.3 is 12.2 Å². The van der Waals surface area contributed by atoms with Gasteiger partial charge in [-0.1, -0.05) is 48.5 Å². The van der Waals surface area contributed by atoms with Crippen LogP contribution in [0.1, 0.15) is 42.7 Å². The minimum atomic E-state index is -0.806. The van der Waals surface area contributed by atoms with Crippen LogP contribution in [0.4, 0.5) is 9.59 Å². The van der Waals surface area contributed by atoms with Gasteiger partial charge in [0, 0.05) is 5.56 Å². The third kappa shape index (κ3) is 4.93. The Morgan fingerprint density at radius 2 is 1.66 bits per heavy atom. The molecule has 0 aliphatic carbocycles. The van der Waals surface area contributed by atoms with Crippen LogP contribution in [0.2, 0.25) is 0 Å². The van der Waals surface area contributed by atoms with Crippen molar-refractivity contribution >= 4 is 18.1 Å². The van der Waals surface area contributed by atoms with Gasteiger partial charge in [0.25, 0.3) is 5.91 Å². The zero-order valence-electron chi connectivity index (χ0n) is 16.6. The molecule has 152 valence electrons. The lowest BCUT2D eigenvalue weighted by molar-refractivity contribution is 0.0266. The molecule has 29 heavy (non-hydrogen) atoms. The summed E-state index contributed by atoms with van der Waals surface area (Å²) in [5, 5.41) is 2.94. The predicted octanol–water partition coefficient (Wildman–Crippen LogP) is 3.91. The Kier molecular flexibility index (Phi) is 5.87. The van der Waals surface area contributed by atoms with E-state index in [0.717, 1.165) is 10.5 Å². The molecule has 1 fully saturated rings. The molecule has 0 aromatic heterocycles. The van der Waals surface area contributed by atoms with Crippen LogP contribution in [0.5, 0.6) is 0 Å². The van der Waals surface area contributed by atoms with Crippen molar-refractivity contribution in [3.63, 3.8) is 0 Å². The lowest BCUT2D eigenvalue weighted by Crippen LogP contribution is -2.49. The van der Waals surface area contributed by atoms with Crippen molar-refractivity contribution in [1.29, 1.82) is 0 Å². The van der Waals surface area contributed by atoms with E-state index >= 15 is 0 Å². The van der Waals surface area contributed by atoms with Gasteiger partial charge in [-0.2, -0.15) is 0 Å². The largest absolute Gasteiger partial charge is 0.447 e. The highest BCUT2D eigenvalue weighted by molar-refractivity contribution is 5.95. The fraction of sp³-hybridized carbons (Fsp3) is 0.318. The summed E-state index contributed by atoms with van der Waals surface area (Å²) in [6, 6.07) is 16.5. The summed E-state index contributed by atoms with van der Waals surface area (Å²) in [4.78, 5) is 38.7. The predicted molar refractivity (Wildman–Crippen MR) is 106 cm³/mol. The number of amides is 3. The second-order valence-electron chi connectivity index (χ2n) is 7.72. The van der Waals surface area contributed by atoms with Crippen molar-refractivity contribution in [2.45, 2.75) is 38.5 Å². The summed E-state index contributed by atoms with van der Waals surface area (Å²) < 4.78 is 10.5. The van der Waals surface area contributed by atoms with Crippen LogP contribution in [-0.2, 0) is 9.47 Å². The molecule has 7 heteroatoms. The SMILES string of the molecule is CC(C)(C)OC(=O)N1C(=O)OC[C@H]1[C@@H](NC(=O)c1ccccc1)c1ccccc1. The average Bonchev–Trinajstić information content (AvgIpc) is 3.07. The molecule has 0 unspecified atom stereocenters. The molecular formula is C22H24N2O5. The van der Waals surface area contributed by atoms with Gasteiger partial charge in [0.15, 0.2) is 0 Å². The summed E-state index contributed by atoms with van der Waals surface area (Å²) >= 11 is 0. The minimum absolute atomic E-state index is 0.0489. The number of hydrogen-bond acceptors (Lipinski definition) is 5. The Morgan fingerprint density at radius 1 is 1.07 bits per heavy atom. The molecule has 3 rings (SSSR count). The minimum Gasteiger partial charge on any atom is -0.447 e. The van der Waals surface area contributed by atoms with Gasteiger partial charge in [-0.3, -0.25) is 4.79 Å². The maximum Gasteiger partial charge on any atom is 0.420 e. The molecular weight excluding hydrogens is 372 g/mol.